The van der Waals surface area contributed by atoms with Crippen molar-refractivity contribution in [3.05, 3.63) is 144 Å². The number of piperazine rings is 2. The first-order valence-electron chi connectivity index (χ1n) is 23.5. The number of hydrogen-bond acceptors (Lipinski definition) is 8. The topological polar surface area (TPSA) is 170 Å². The SMILES string of the molecule is CC(C)C(NC(=O)N1CCN(Cc2ccccc2)CC1)C(=O)N[C@@H](Cc1ccccc1)[C@H](O)[C@@H](O)[C@H](Cc1ccccc1)NC(=O)C(NC(=O)N1CCN(Cc2ccccc2)CC1)C(C)C. The Morgan fingerprint density at radius 3 is 1.02 bits per heavy atom. The van der Waals surface area contributed by atoms with Crippen molar-refractivity contribution in [1.29, 1.82) is 0 Å². The molecule has 2 aliphatic heterocycles. The fourth-order valence-electron chi connectivity index (χ4n) is 8.69. The average Bonchev–Trinajstić information content (AvgIpc) is 3.33. The van der Waals surface area contributed by atoms with Crippen molar-refractivity contribution in [2.45, 2.75) is 90.0 Å². The van der Waals surface area contributed by atoms with Gasteiger partial charge in [0.15, 0.2) is 0 Å². The molecule has 6 amide bonds. The average molecular weight is 903 g/mol. The van der Waals surface area contributed by atoms with Gasteiger partial charge in [0.1, 0.15) is 24.3 Å². The predicted molar refractivity (Wildman–Crippen MR) is 257 cm³/mol. The van der Waals surface area contributed by atoms with Gasteiger partial charge >= 0.3 is 12.1 Å². The van der Waals surface area contributed by atoms with Crippen LogP contribution >= 0.6 is 0 Å². The van der Waals surface area contributed by atoms with E-state index in [1.54, 1.807) is 9.80 Å². The maximum atomic E-state index is 14.3. The minimum absolute atomic E-state index is 0.155. The van der Waals surface area contributed by atoms with Gasteiger partial charge < -0.3 is 41.3 Å². The van der Waals surface area contributed by atoms with Crippen molar-refractivity contribution in [2.24, 2.45) is 11.8 Å². The van der Waals surface area contributed by atoms with Gasteiger partial charge in [0, 0.05) is 65.4 Å². The molecule has 2 heterocycles. The summed E-state index contributed by atoms with van der Waals surface area (Å²) >= 11 is 0. The lowest BCUT2D eigenvalue weighted by Crippen LogP contribution is -2.63. The number of carbonyl (C=O) groups excluding carboxylic acids is 4. The number of carbonyl (C=O) groups is 4. The zero-order valence-electron chi connectivity index (χ0n) is 39.0. The Morgan fingerprint density at radius 2 is 0.727 bits per heavy atom. The quantitative estimate of drug-likeness (QED) is 0.0812. The molecule has 354 valence electrons. The molecule has 66 heavy (non-hydrogen) atoms. The molecule has 2 fully saturated rings. The molecule has 2 unspecified atom stereocenters. The summed E-state index contributed by atoms with van der Waals surface area (Å²) in [5.74, 6) is -1.61. The van der Waals surface area contributed by atoms with Crippen LogP contribution in [0.25, 0.3) is 0 Å². The Balaban J connectivity index is 1.12. The van der Waals surface area contributed by atoms with Crippen LogP contribution in [0.1, 0.15) is 49.9 Å². The summed E-state index contributed by atoms with van der Waals surface area (Å²) in [6.45, 7) is 13.8. The van der Waals surface area contributed by atoms with E-state index < -0.39 is 48.2 Å². The van der Waals surface area contributed by atoms with E-state index in [1.165, 1.54) is 11.1 Å². The normalized spacial score (nSPS) is 17.6. The smallest absolute Gasteiger partial charge is 0.318 e. The largest absolute Gasteiger partial charge is 0.388 e. The first-order chi connectivity index (χ1) is 31.8. The molecule has 4 aromatic carbocycles. The Labute approximate surface area is 390 Å². The lowest BCUT2D eigenvalue weighted by atomic mass is 9.90. The summed E-state index contributed by atoms with van der Waals surface area (Å²) in [4.78, 5) is 63.9. The molecule has 6 atom stereocenters. The van der Waals surface area contributed by atoms with Crippen molar-refractivity contribution < 1.29 is 29.4 Å². The molecule has 2 saturated heterocycles. The summed E-state index contributed by atoms with van der Waals surface area (Å²) in [5.41, 5.74) is 4.03. The number of urea groups is 2. The fraction of sp³-hybridized carbons (Fsp3) is 0.462. The third-order valence-corrected chi connectivity index (χ3v) is 12.7. The van der Waals surface area contributed by atoms with Crippen molar-refractivity contribution >= 4 is 23.9 Å². The highest BCUT2D eigenvalue weighted by Crippen LogP contribution is 2.18. The molecule has 6 N–H and O–H groups in total. The third kappa shape index (κ3) is 14.6. The minimum atomic E-state index is -1.57. The van der Waals surface area contributed by atoms with Gasteiger partial charge in [-0.25, -0.2) is 9.59 Å². The number of benzene rings is 4. The molecule has 0 aliphatic carbocycles. The summed E-state index contributed by atoms with van der Waals surface area (Å²) in [7, 11) is 0. The number of nitrogens with zero attached hydrogens (tertiary/aromatic N) is 4. The summed E-state index contributed by atoms with van der Waals surface area (Å²) in [6.07, 6.45) is -2.82. The molecule has 0 bridgehead atoms. The first-order valence-corrected chi connectivity index (χ1v) is 23.5. The molecule has 0 radical (unpaired) electrons. The van der Waals surface area contributed by atoms with Crippen LogP contribution in [0, 0.1) is 11.8 Å². The molecular formula is C52H70N8O6. The number of rotatable bonds is 19. The van der Waals surface area contributed by atoms with Crippen LogP contribution in [-0.4, -0.2) is 142 Å². The van der Waals surface area contributed by atoms with Crippen LogP contribution in [0.2, 0.25) is 0 Å². The van der Waals surface area contributed by atoms with E-state index in [0.717, 1.165) is 24.2 Å². The maximum Gasteiger partial charge on any atom is 0.318 e. The highest BCUT2D eigenvalue weighted by molar-refractivity contribution is 5.88. The highest BCUT2D eigenvalue weighted by Gasteiger charge is 2.38. The Morgan fingerprint density at radius 1 is 0.439 bits per heavy atom. The Hall–Kier alpha value is -5.80. The van der Waals surface area contributed by atoms with Gasteiger partial charge in [-0.2, -0.15) is 0 Å². The monoisotopic (exact) mass is 903 g/mol. The van der Waals surface area contributed by atoms with E-state index >= 15 is 0 Å². The van der Waals surface area contributed by atoms with Crippen molar-refractivity contribution in [1.82, 2.24) is 40.9 Å². The molecule has 0 aromatic heterocycles. The maximum absolute atomic E-state index is 14.3. The van der Waals surface area contributed by atoms with Crippen LogP contribution < -0.4 is 21.3 Å². The van der Waals surface area contributed by atoms with Crippen molar-refractivity contribution in [3.8, 4) is 0 Å². The van der Waals surface area contributed by atoms with Gasteiger partial charge in [0.2, 0.25) is 11.8 Å². The number of nitrogens with one attached hydrogen (secondary N) is 4. The summed E-state index contributed by atoms with van der Waals surface area (Å²) in [5, 5.41) is 36.2. The molecule has 4 aromatic rings. The van der Waals surface area contributed by atoms with E-state index in [2.05, 4.69) is 55.3 Å². The van der Waals surface area contributed by atoms with E-state index in [-0.39, 0.29) is 36.7 Å². The van der Waals surface area contributed by atoms with E-state index in [9.17, 15) is 29.4 Å². The fourth-order valence-corrected chi connectivity index (χ4v) is 8.69. The van der Waals surface area contributed by atoms with Crippen LogP contribution in [0.3, 0.4) is 0 Å². The van der Waals surface area contributed by atoms with E-state index in [1.807, 2.05) is 125 Å². The zero-order valence-corrected chi connectivity index (χ0v) is 39.0. The molecule has 14 heteroatoms. The van der Waals surface area contributed by atoms with E-state index in [0.29, 0.717) is 52.4 Å². The summed E-state index contributed by atoms with van der Waals surface area (Å²) in [6, 6.07) is 34.5. The first kappa shape index (κ1) is 49.6. The highest BCUT2D eigenvalue weighted by atomic mass is 16.3. The Kier molecular flexibility index (Phi) is 18.5. The molecular weight excluding hydrogens is 833 g/mol. The lowest BCUT2D eigenvalue weighted by molar-refractivity contribution is -0.129. The number of aliphatic hydroxyl groups is 2. The van der Waals surface area contributed by atoms with Gasteiger partial charge in [-0.3, -0.25) is 19.4 Å². The van der Waals surface area contributed by atoms with Crippen molar-refractivity contribution in [2.75, 3.05) is 52.4 Å². The molecule has 14 nitrogen and oxygen atoms in total. The third-order valence-electron chi connectivity index (χ3n) is 12.7. The van der Waals surface area contributed by atoms with Gasteiger partial charge in [-0.1, -0.05) is 149 Å². The standard InChI is InChI=1S/C52H70N8O6/c1-37(2)45(55-51(65)59-29-25-57(26-30-59)35-41-21-13-7-14-22-41)49(63)53-43(33-39-17-9-5-10-18-39)47(61)48(62)44(34-40-19-11-6-12-20-40)54-50(64)46(38(3)4)56-52(66)60-31-27-58(28-32-60)36-42-23-15-8-16-24-42/h5-24,37-38,43-48,61-62H,25-36H2,1-4H3,(H,53,63)(H,54,64)(H,55,65)(H,56,66)/t43-,44-,45?,46?,47-,48-/m0/s1. The number of hydrogen-bond donors (Lipinski definition) is 6. The van der Waals surface area contributed by atoms with Gasteiger partial charge in [0.25, 0.3) is 0 Å². The van der Waals surface area contributed by atoms with E-state index in [4.69, 9.17) is 0 Å². The van der Waals surface area contributed by atoms with Crippen LogP contribution in [-0.2, 0) is 35.5 Å². The predicted octanol–water partition coefficient (Wildman–Crippen LogP) is 4.27. The Bertz CT molecular complexity index is 1950. The lowest BCUT2D eigenvalue weighted by Gasteiger charge is -2.37. The van der Waals surface area contributed by atoms with Crippen LogP contribution in [0.15, 0.2) is 121 Å². The van der Waals surface area contributed by atoms with Gasteiger partial charge in [-0.05, 0) is 46.9 Å². The van der Waals surface area contributed by atoms with Gasteiger partial charge in [0.05, 0.1) is 12.1 Å². The number of amides is 6. The second kappa shape index (κ2) is 24.6. The molecule has 0 saturated carbocycles. The minimum Gasteiger partial charge on any atom is -0.388 e. The zero-order chi connectivity index (χ0) is 47.0. The summed E-state index contributed by atoms with van der Waals surface area (Å²) < 4.78 is 0. The second-order valence-electron chi connectivity index (χ2n) is 18.4. The molecule has 0 spiro atoms. The molecule has 6 rings (SSSR count). The van der Waals surface area contributed by atoms with Gasteiger partial charge in [-0.15, -0.1) is 0 Å². The number of aliphatic hydroxyl groups excluding tert-OH is 2. The van der Waals surface area contributed by atoms with Crippen LogP contribution in [0.4, 0.5) is 9.59 Å². The van der Waals surface area contributed by atoms with Crippen LogP contribution in [0.5, 0.6) is 0 Å². The second-order valence-corrected chi connectivity index (χ2v) is 18.4. The van der Waals surface area contributed by atoms with Crippen molar-refractivity contribution in [3.63, 3.8) is 0 Å². The molecule has 2 aliphatic rings.